The first kappa shape index (κ1) is 21.0. The summed E-state index contributed by atoms with van der Waals surface area (Å²) in [6.07, 6.45) is -0.808. The number of carbonyl (C=O) groups is 3. The molecule has 3 rings (SSSR count). The lowest BCUT2D eigenvalue weighted by molar-refractivity contribution is 0.0535. The molecule has 2 aromatic rings. The summed E-state index contributed by atoms with van der Waals surface area (Å²) in [7, 11) is 0. The van der Waals surface area contributed by atoms with Crippen LogP contribution in [0.4, 0.5) is 4.79 Å². The van der Waals surface area contributed by atoms with Crippen LogP contribution in [0.3, 0.4) is 0 Å². The fourth-order valence-electron chi connectivity index (χ4n) is 3.11. The second-order valence-electron chi connectivity index (χ2n) is 6.63. The van der Waals surface area contributed by atoms with Gasteiger partial charge in [-0.3, -0.25) is 9.59 Å². The summed E-state index contributed by atoms with van der Waals surface area (Å²) >= 11 is 0. The van der Waals surface area contributed by atoms with Crippen LogP contribution in [0.1, 0.15) is 27.6 Å². The molecular weight excluding hydrogens is 392 g/mol. The lowest BCUT2D eigenvalue weighted by Crippen LogP contribution is -2.50. The highest BCUT2D eigenvalue weighted by molar-refractivity contribution is 5.96. The summed E-state index contributed by atoms with van der Waals surface area (Å²) < 4.78 is 9.67. The smallest absolute Gasteiger partial charge is 0.508 e. The number of benzene rings is 2. The van der Waals surface area contributed by atoms with E-state index < -0.39 is 6.16 Å². The van der Waals surface area contributed by atoms with Gasteiger partial charge in [0.15, 0.2) is 0 Å². The van der Waals surface area contributed by atoms with E-state index >= 15 is 0 Å². The van der Waals surface area contributed by atoms with Gasteiger partial charge >= 0.3 is 6.16 Å². The molecule has 9 nitrogen and oxygen atoms in total. The molecule has 1 aliphatic heterocycles. The fourth-order valence-corrected chi connectivity index (χ4v) is 3.11. The van der Waals surface area contributed by atoms with Gasteiger partial charge in [0.05, 0.1) is 6.61 Å². The second-order valence-corrected chi connectivity index (χ2v) is 6.63. The maximum Gasteiger partial charge on any atom is 0.513 e. The molecule has 0 aliphatic carbocycles. The number of carbonyl (C=O) groups excluding carboxylic acids is 3. The maximum atomic E-state index is 12.7. The van der Waals surface area contributed by atoms with E-state index in [9.17, 15) is 24.6 Å². The largest absolute Gasteiger partial charge is 0.513 e. The van der Waals surface area contributed by atoms with Crippen molar-refractivity contribution in [3.05, 3.63) is 53.6 Å². The molecule has 2 N–H and O–H groups in total. The van der Waals surface area contributed by atoms with E-state index in [1.165, 1.54) is 24.3 Å². The first-order valence-corrected chi connectivity index (χ1v) is 9.43. The molecule has 0 saturated carbocycles. The zero-order chi connectivity index (χ0) is 21.7. The molecule has 30 heavy (non-hydrogen) atoms. The van der Waals surface area contributed by atoms with E-state index in [4.69, 9.17) is 9.47 Å². The van der Waals surface area contributed by atoms with Gasteiger partial charge in [-0.15, -0.1) is 0 Å². The van der Waals surface area contributed by atoms with Crippen molar-refractivity contribution in [3.63, 3.8) is 0 Å². The van der Waals surface area contributed by atoms with Crippen LogP contribution < -0.4 is 4.74 Å². The number of piperazine rings is 1. The maximum absolute atomic E-state index is 12.7. The van der Waals surface area contributed by atoms with Crippen LogP contribution in [-0.4, -0.2) is 70.8 Å². The minimum atomic E-state index is -0.808. The summed E-state index contributed by atoms with van der Waals surface area (Å²) in [5.41, 5.74) is 0.619. The highest BCUT2D eigenvalue weighted by atomic mass is 16.7. The van der Waals surface area contributed by atoms with Crippen LogP contribution in [-0.2, 0) is 4.74 Å². The van der Waals surface area contributed by atoms with Gasteiger partial charge in [-0.25, -0.2) is 4.79 Å². The average Bonchev–Trinajstić information content (AvgIpc) is 2.73. The Morgan fingerprint density at radius 3 is 1.83 bits per heavy atom. The van der Waals surface area contributed by atoms with Crippen LogP contribution >= 0.6 is 0 Å². The first-order chi connectivity index (χ1) is 14.4. The fraction of sp³-hybridized carbons (Fsp3) is 0.286. The Balaban J connectivity index is 1.57. The Hall–Kier alpha value is -3.75. The van der Waals surface area contributed by atoms with Crippen molar-refractivity contribution in [2.45, 2.75) is 6.92 Å². The Bertz CT molecular complexity index is 915. The Morgan fingerprint density at radius 1 is 0.833 bits per heavy atom. The van der Waals surface area contributed by atoms with Crippen LogP contribution in [0.25, 0.3) is 0 Å². The van der Waals surface area contributed by atoms with Gasteiger partial charge in [0.1, 0.15) is 17.2 Å². The molecule has 2 amide bonds. The molecule has 0 aromatic heterocycles. The third kappa shape index (κ3) is 4.99. The summed E-state index contributed by atoms with van der Waals surface area (Å²) in [5, 5.41) is 19.1. The molecule has 0 radical (unpaired) electrons. The SMILES string of the molecule is CCOC(=O)Oc1ccc(C(=O)N2CCN(C(=O)c3cc(O)cc(O)c3)CC2)cc1. The van der Waals surface area contributed by atoms with Crippen molar-refractivity contribution < 1.29 is 34.1 Å². The molecule has 9 heteroatoms. The van der Waals surface area contributed by atoms with Crippen molar-refractivity contribution in [3.8, 4) is 17.2 Å². The van der Waals surface area contributed by atoms with Crippen molar-refractivity contribution in [1.82, 2.24) is 9.80 Å². The minimum absolute atomic E-state index is 0.185. The van der Waals surface area contributed by atoms with E-state index in [1.54, 1.807) is 28.9 Å². The third-order valence-corrected chi connectivity index (χ3v) is 4.57. The number of amides is 2. The Labute approximate surface area is 173 Å². The van der Waals surface area contributed by atoms with Crippen LogP contribution in [0.2, 0.25) is 0 Å². The first-order valence-electron chi connectivity index (χ1n) is 9.43. The molecule has 1 saturated heterocycles. The highest BCUT2D eigenvalue weighted by Gasteiger charge is 2.26. The predicted molar refractivity (Wildman–Crippen MR) is 106 cm³/mol. The molecule has 0 bridgehead atoms. The summed E-state index contributed by atoms with van der Waals surface area (Å²) in [6.45, 7) is 3.21. The number of hydrogen-bond acceptors (Lipinski definition) is 7. The van der Waals surface area contributed by atoms with Crippen LogP contribution in [0.15, 0.2) is 42.5 Å². The van der Waals surface area contributed by atoms with Gasteiger partial charge in [0.25, 0.3) is 11.8 Å². The van der Waals surface area contributed by atoms with Gasteiger partial charge in [-0.1, -0.05) is 0 Å². The predicted octanol–water partition coefficient (Wildman–Crippen LogP) is 2.23. The number of ether oxygens (including phenoxy) is 2. The molecule has 2 aromatic carbocycles. The van der Waals surface area contributed by atoms with Crippen LogP contribution in [0, 0.1) is 0 Å². The molecular formula is C21H22N2O7. The number of aromatic hydroxyl groups is 2. The quantitative estimate of drug-likeness (QED) is 0.582. The van der Waals surface area contributed by atoms with Gasteiger partial charge < -0.3 is 29.5 Å². The molecule has 0 atom stereocenters. The zero-order valence-corrected chi connectivity index (χ0v) is 16.4. The van der Waals surface area contributed by atoms with Gasteiger partial charge in [-0.2, -0.15) is 0 Å². The van der Waals surface area contributed by atoms with Crippen molar-refractivity contribution in [1.29, 1.82) is 0 Å². The van der Waals surface area contributed by atoms with Crippen molar-refractivity contribution in [2.24, 2.45) is 0 Å². The summed E-state index contributed by atoms with van der Waals surface area (Å²) in [5.74, 6) is -0.631. The van der Waals surface area contributed by atoms with Crippen molar-refractivity contribution >= 4 is 18.0 Å². The molecule has 158 valence electrons. The molecule has 1 fully saturated rings. The van der Waals surface area contributed by atoms with Crippen LogP contribution in [0.5, 0.6) is 17.2 Å². The molecule has 0 spiro atoms. The Morgan fingerprint density at radius 2 is 1.33 bits per heavy atom. The number of phenols is 2. The van der Waals surface area contributed by atoms with Gasteiger partial charge in [0.2, 0.25) is 0 Å². The zero-order valence-electron chi connectivity index (χ0n) is 16.4. The molecule has 1 heterocycles. The number of phenolic OH excluding ortho intramolecular Hbond substituents is 2. The standard InChI is InChI=1S/C21H22N2O7/c1-2-29-21(28)30-18-5-3-14(4-6-18)19(26)22-7-9-23(10-8-22)20(27)15-11-16(24)13-17(25)12-15/h3-6,11-13,24-25H,2,7-10H2,1H3. The summed E-state index contributed by atoms with van der Waals surface area (Å²) in [4.78, 5) is 39.8. The van der Waals surface area contributed by atoms with E-state index in [2.05, 4.69) is 0 Å². The number of rotatable bonds is 4. The minimum Gasteiger partial charge on any atom is -0.508 e. The summed E-state index contributed by atoms with van der Waals surface area (Å²) in [6, 6.07) is 9.87. The van der Waals surface area contributed by atoms with E-state index in [0.29, 0.717) is 31.7 Å². The molecule has 1 aliphatic rings. The van der Waals surface area contributed by atoms with Gasteiger partial charge in [-0.05, 0) is 43.3 Å². The monoisotopic (exact) mass is 414 g/mol. The molecule has 0 unspecified atom stereocenters. The van der Waals surface area contributed by atoms with E-state index in [-0.39, 0.29) is 41.2 Å². The lowest BCUT2D eigenvalue weighted by atomic mass is 10.1. The average molecular weight is 414 g/mol. The topological polar surface area (TPSA) is 117 Å². The number of hydrogen-bond donors (Lipinski definition) is 2. The normalized spacial score (nSPS) is 13.6. The van der Waals surface area contributed by atoms with Crippen molar-refractivity contribution in [2.75, 3.05) is 32.8 Å². The van der Waals surface area contributed by atoms with E-state index in [1.807, 2.05) is 0 Å². The third-order valence-electron chi connectivity index (χ3n) is 4.57. The second kappa shape index (κ2) is 9.17. The van der Waals surface area contributed by atoms with E-state index in [0.717, 1.165) is 6.07 Å². The Kier molecular flexibility index (Phi) is 6.41. The highest BCUT2D eigenvalue weighted by Crippen LogP contribution is 2.22. The number of nitrogens with zero attached hydrogens (tertiary/aromatic N) is 2. The van der Waals surface area contributed by atoms with Gasteiger partial charge in [0, 0.05) is 43.4 Å². The lowest BCUT2D eigenvalue weighted by Gasteiger charge is -2.35.